The monoisotopic (exact) mass is 263 g/mol. The highest BCUT2D eigenvalue weighted by molar-refractivity contribution is 7.16. The number of hydrogen-bond acceptors (Lipinski definition) is 3. The first-order chi connectivity index (χ1) is 8.44. The lowest BCUT2D eigenvalue weighted by Gasteiger charge is -2.28. The zero-order valence-corrected chi connectivity index (χ0v) is 12.5. The molecule has 2 aromatic rings. The summed E-state index contributed by atoms with van der Waals surface area (Å²) in [5, 5.41) is 5.99. The lowest BCUT2D eigenvalue weighted by atomic mass is 9.78. The Morgan fingerprint density at radius 3 is 2.89 bits per heavy atom. The molecule has 0 aliphatic heterocycles. The number of rotatable bonds is 2. The van der Waals surface area contributed by atoms with Gasteiger partial charge < -0.3 is 0 Å². The van der Waals surface area contributed by atoms with Crippen LogP contribution in [0.5, 0.6) is 0 Å². The maximum Gasteiger partial charge on any atom is 0.212 e. The fourth-order valence-electron chi connectivity index (χ4n) is 2.68. The molecule has 0 unspecified atom stereocenters. The Hall–Kier alpha value is -0.900. The molecule has 3 rings (SSSR count). The highest BCUT2D eigenvalue weighted by atomic mass is 32.1. The minimum atomic E-state index is 0.394. The van der Waals surface area contributed by atoms with Gasteiger partial charge in [0.05, 0.1) is 11.4 Å². The number of imidazole rings is 1. The van der Waals surface area contributed by atoms with Crippen molar-refractivity contribution in [3.05, 3.63) is 16.4 Å². The first kappa shape index (κ1) is 12.2. The molecular formula is C14H21N3S. The van der Waals surface area contributed by atoms with Gasteiger partial charge in [0.1, 0.15) is 5.01 Å². The smallest absolute Gasteiger partial charge is 0.212 e. The van der Waals surface area contributed by atoms with Crippen molar-refractivity contribution in [3.8, 4) is 0 Å². The largest absolute Gasteiger partial charge is 0.222 e. The van der Waals surface area contributed by atoms with Crippen molar-refractivity contribution < 1.29 is 0 Å². The molecule has 0 bridgehead atoms. The van der Waals surface area contributed by atoms with Gasteiger partial charge in [-0.2, -0.15) is 5.10 Å². The van der Waals surface area contributed by atoms with E-state index in [-0.39, 0.29) is 0 Å². The molecule has 18 heavy (non-hydrogen) atoms. The number of aromatic nitrogens is 3. The maximum absolute atomic E-state index is 4.77. The molecule has 3 nitrogen and oxygen atoms in total. The predicted molar refractivity (Wildman–Crippen MR) is 75.2 cm³/mol. The van der Waals surface area contributed by atoms with Gasteiger partial charge in [-0.05, 0) is 30.6 Å². The molecule has 0 saturated heterocycles. The molecule has 0 saturated carbocycles. The second kappa shape index (κ2) is 4.05. The molecule has 0 fully saturated rings. The van der Waals surface area contributed by atoms with Gasteiger partial charge >= 0.3 is 0 Å². The third-order valence-electron chi connectivity index (χ3n) is 3.69. The molecular weight excluding hydrogens is 242 g/mol. The van der Waals surface area contributed by atoms with E-state index in [0.717, 1.165) is 24.2 Å². The SMILES string of the molecule is CC(C)Cc1nn2c3c(nc2s1)CCC(C)(C)C3. The molecule has 2 heterocycles. The Kier molecular flexibility index (Phi) is 2.73. The van der Waals surface area contributed by atoms with E-state index in [0.29, 0.717) is 11.3 Å². The summed E-state index contributed by atoms with van der Waals surface area (Å²) < 4.78 is 2.11. The summed E-state index contributed by atoms with van der Waals surface area (Å²) in [6.07, 6.45) is 4.52. The molecule has 0 spiro atoms. The normalized spacial score (nSPS) is 18.5. The van der Waals surface area contributed by atoms with E-state index in [1.54, 1.807) is 11.3 Å². The van der Waals surface area contributed by atoms with Crippen LogP contribution in [-0.2, 0) is 19.3 Å². The first-order valence-corrected chi connectivity index (χ1v) is 7.62. The van der Waals surface area contributed by atoms with Gasteiger partial charge in [-0.1, -0.05) is 39.0 Å². The van der Waals surface area contributed by atoms with Gasteiger partial charge in [-0.3, -0.25) is 0 Å². The topological polar surface area (TPSA) is 30.2 Å². The number of fused-ring (bicyclic) bond motifs is 3. The minimum Gasteiger partial charge on any atom is -0.222 e. The van der Waals surface area contributed by atoms with Crippen molar-refractivity contribution in [3.63, 3.8) is 0 Å². The highest BCUT2D eigenvalue weighted by Crippen LogP contribution is 2.35. The van der Waals surface area contributed by atoms with Gasteiger partial charge in [-0.25, -0.2) is 9.50 Å². The van der Waals surface area contributed by atoms with E-state index in [9.17, 15) is 0 Å². The Morgan fingerprint density at radius 2 is 2.17 bits per heavy atom. The highest BCUT2D eigenvalue weighted by Gasteiger charge is 2.30. The third kappa shape index (κ3) is 2.07. The van der Waals surface area contributed by atoms with E-state index < -0.39 is 0 Å². The predicted octanol–water partition coefficient (Wildman–Crippen LogP) is 3.50. The van der Waals surface area contributed by atoms with Crippen LogP contribution >= 0.6 is 11.3 Å². The standard InChI is InChI=1S/C14H21N3S/c1-9(2)7-12-16-17-11-8-14(3,4)6-5-10(11)15-13(17)18-12/h9H,5-8H2,1-4H3. The molecule has 0 radical (unpaired) electrons. The molecule has 0 aromatic carbocycles. The van der Waals surface area contributed by atoms with Crippen LogP contribution in [0.3, 0.4) is 0 Å². The van der Waals surface area contributed by atoms with Crippen LogP contribution in [0.1, 0.15) is 50.5 Å². The zero-order valence-electron chi connectivity index (χ0n) is 11.7. The van der Waals surface area contributed by atoms with E-state index >= 15 is 0 Å². The van der Waals surface area contributed by atoms with Gasteiger partial charge in [-0.15, -0.1) is 0 Å². The fourth-order valence-corrected chi connectivity index (χ4v) is 3.82. The average Bonchev–Trinajstić information content (AvgIpc) is 2.74. The second-order valence-corrected chi connectivity index (χ2v) is 7.67. The molecule has 1 aliphatic carbocycles. The van der Waals surface area contributed by atoms with Crippen LogP contribution in [-0.4, -0.2) is 14.6 Å². The quantitative estimate of drug-likeness (QED) is 0.830. The summed E-state index contributed by atoms with van der Waals surface area (Å²) in [7, 11) is 0. The van der Waals surface area contributed by atoms with Crippen LogP contribution in [0.2, 0.25) is 0 Å². The number of hydrogen-bond donors (Lipinski definition) is 0. The van der Waals surface area contributed by atoms with Crippen LogP contribution in [0.25, 0.3) is 4.96 Å². The summed E-state index contributed by atoms with van der Waals surface area (Å²) in [6.45, 7) is 9.17. The molecule has 0 N–H and O–H groups in total. The van der Waals surface area contributed by atoms with Crippen molar-refractivity contribution >= 4 is 16.3 Å². The average molecular weight is 263 g/mol. The molecule has 0 atom stereocenters. The van der Waals surface area contributed by atoms with E-state index in [1.165, 1.54) is 22.8 Å². The maximum atomic E-state index is 4.77. The molecule has 2 aromatic heterocycles. The zero-order chi connectivity index (χ0) is 12.9. The van der Waals surface area contributed by atoms with Crippen molar-refractivity contribution in [1.82, 2.24) is 14.6 Å². The molecule has 4 heteroatoms. The minimum absolute atomic E-state index is 0.394. The lowest BCUT2D eigenvalue weighted by molar-refractivity contribution is 0.307. The van der Waals surface area contributed by atoms with Gasteiger partial charge in [0.25, 0.3) is 0 Å². The summed E-state index contributed by atoms with van der Waals surface area (Å²) in [5.41, 5.74) is 3.03. The van der Waals surface area contributed by atoms with Crippen molar-refractivity contribution in [2.45, 2.75) is 53.4 Å². The fraction of sp³-hybridized carbons (Fsp3) is 0.714. The summed E-state index contributed by atoms with van der Waals surface area (Å²) in [5.74, 6) is 0.660. The van der Waals surface area contributed by atoms with Crippen molar-refractivity contribution in [1.29, 1.82) is 0 Å². The van der Waals surface area contributed by atoms with Crippen LogP contribution in [0.4, 0.5) is 0 Å². The van der Waals surface area contributed by atoms with Crippen molar-refractivity contribution in [2.24, 2.45) is 11.3 Å². The van der Waals surface area contributed by atoms with Gasteiger partial charge in [0.15, 0.2) is 0 Å². The lowest BCUT2D eigenvalue weighted by Crippen LogP contribution is -2.23. The first-order valence-electron chi connectivity index (χ1n) is 6.81. The Morgan fingerprint density at radius 1 is 1.39 bits per heavy atom. The van der Waals surface area contributed by atoms with Crippen LogP contribution in [0.15, 0.2) is 0 Å². The Balaban J connectivity index is 2.02. The van der Waals surface area contributed by atoms with Gasteiger partial charge in [0.2, 0.25) is 4.96 Å². The van der Waals surface area contributed by atoms with Gasteiger partial charge in [0, 0.05) is 6.42 Å². The van der Waals surface area contributed by atoms with Crippen LogP contribution in [0, 0.1) is 11.3 Å². The summed E-state index contributed by atoms with van der Waals surface area (Å²) in [6, 6.07) is 0. The van der Waals surface area contributed by atoms with Crippen LogP contribution < -0.4 is 0 Å². The molecule has 0 amide bonds. The number of nitrogens with zero attached hydrogens (tertiary/aromatic N) is 3. The third-order valence-corrected chi connectivity index (χ3v) is 4.62. The molecule has 1 aliphatic rings. The summed E-state index contributed by atoms with van der Waals surface area (Å²) in [4.78, 5) is 5.86. The Labute approximate surface area is 112 Å². The Bertz CT molecular complexity index is 577. The summed E-state index contributed by atoms with van der Waals surface area (Å²) >= 11 is 1.76. The van der Waals surface area contributed by atoms with E-state index in [1.807, 2.05) is 0 Å². The second-order valence-electron chi connectivity index (χ2n) is 6.63. The molecule has 98 valence electrons. The van der Waals surface area contributed by atoms with E-state index in [2.05, 4.69) is 32.2 Å². The van der Waals surface area contributed by atoms with E-state index in [4.69, 9.17) is 10.1 Å². The van der Waals surface area contributed by atoms with Crippen molar-refractivity contribution in [2.75, 3.05) is 0 Å². The number of aryl methyl sites for hydroxylation is 1.